The lowest BCUT2D eigenvalue weighted by Crippen LogP contribution is -2.24. The van der Waals surface area contributed by atoms with Gasteiger partial charge in [-0.25, -0.2) is 0 Å². The van der Waals surface area contributed by atoms with Crippen molar-refractivity contribution in [1.29, 1.82) is 0 Å². The second-order valence-electron chi connectivity index (χ2n) is 20.6. The van der Waals surface area contributed by atoms with Crippen molar-refractivity contribution in [3.63, 3.8) is 0 Å². The first kappa shape index (κ1) is 42.5. The van der Waals surface area contributed by atoms with Crippen molar-refractivity contribution in [3.8, 4) is 39.1 Å². The van der Waals surface area contributed by atoms with Crippen LogP contribution in [0.2, 0.25) is 0 Å². The first-order valence-electron chi connectivity index (χ1n) is 24.3. The average molecular weight is 869 g/mol. The van der Waals surface area contributed by atoms with E-state index in [0.717, 1.165) is 17.8 Å². The van der Waals surface area contributed by atoms with E-state index in [9.17, 15) is 0 Å². The van der Waals surface area contributed by atoms with E-state index in [1.807, 2.05) is 0 Å². The molecule has 2 heteroatoms. The molecule has 2 aliphatic carbocycles. The molecule has 3 atom stereocenters. The van der Waals surface area contributed by atoms with Gasteiger partial charge in [0.1, 0.15) is 0 Å². The van der Waals surface area contributed by atoms with Crippen molar-refractivity contribution in [3.05, 3.63) is 229 Å². The number of hydrogen-bond donors (Lipinski definition) is 0. The number of aromatic nitrogens is 1. The van der Waals surface area contributed by atoms with Gasteiger partial charge in [-0.2, -0.15) is 0 Å². The summed E-state index contributed by atoms with van der Waals surface area (Å²) in [5.74, 6) is 1.41. The summed E-state index contributed by atoms with van der Waals surface area (Å²) in [7, 11) is 0. The molecule has 0 aliphatic heterocycles. The minimum Gasteiger partial charge on any atom is -0.310 e. The predicted octanol–water partition coefficient (Wildman–Crippen LogP) is 18.2. The van der Waals surface area contributed by atoms with Crippen molar-refractivity contribution in [2.75, 3.05) is 4.90 Å². The van der Waals surface area contributed by atoms with Crippen LogP contribution in [-0.4, -0.2) is 4.57 Å². The van der Waals surface area contributed by atoms with Gasteiger partial charge in [-0.1, -0.05) is 182 Å². The molecule has 2 nitrogen and oxygen atoms in total. The second kappa shape index (κ2) is 16.6. The average Bonchev–Trinajstić information content (AvgIpc) is 3.81. The van der Waals surface area contributed by atoms with E-state index < -0.39 is 0 Å². The molecule has 330 valence electrons. The summed E-state index contributed by atoms with van der Waals surface area (Å²) in [6.45, 7) is 16.2. The van der Waals surface area contributed by atoms with Crippen LogP contribution in [0.25, 0.3) is 60.9 Å². The smallest absolute Gasteiger partial charge is 0.0541 e. The normalized spacial score (nSPS) is 16.6. The quantitative estimate of drug-likeness (QED) is 0.140. The van der Waals surface area contributed by atoms with E-state index >= 15 is 0 Å². The van der Waals surface area contributed by atoms with E-state index in [2.05, 4.69) is 264 Å². The minimum absolute atomic E-state index is 0.0142. The molecule has 67 heavy (non-hydrogen) atoms. The van der Waals surface area contributed by atoms with Crippen LogP contribution in [0.5, 0.6) is 0 Å². The SMILES string of the molecule is CCC(C)c1ccc(-c2ccc3c(c2)c2cc(-c4ccc(N(c5ccc(-c6ccccc6)cc5)c5ccc6c(c5)C(C)(C)C5C=CC=CC65)cc4)ccc2n3-c2ccc(C(C)(C)C)cc2)cc1. The highest BCUT2D eigenvalue weighted by Crippen LogP contribution is 2.54. The van der Waals surface area contributed by atoms with Gasteiger partial charge in [0.15, 0.2) is 0 Å². The Morgan fingerprint density at radius 3 is 1.61 bits per heavy atom. The zero-order chi connectivity index (χ0) is 46.0. The highest BCUT2D eigenvalue weighted by molar-refractivity contribution is 6.11. The van der Waals surface area contributed by atoms with E-state index in [0.29, 0.717) is 17.8 Å². The zero-order valence-corrected chi connectivity index (χ0v) is 40.0. The zero-order valence-electron chi connectivity index (χ0n) is 40.0. The number of nitrogens with zero attached hydrogens (tertiary/aromatic N) is 2. The molecule has 3 unspecified atom stereocenters. The van der Waals surface area contributed by atoms with Crippen LogP contribution in [-0.2, 0) is 10.8 Å². The molecular formula is C65H60N2. The Bertz CT molecular complexity index is 3320. The predicted molar refractivity (Wildman–Crippen MR) is 287 cm³/mol. The Morgan fingerprint density at radius 2 is 1.04 bits per heavy atom. The molecular weight excluding hydrogens is 809 g/mol. The molecule has 0 saturated carbocycles. The third-order valence-corrected chi connectivity index (χ3v) is 15.2. The van der Waals surface area contributed by atoms with Crippen LogP contribution in [0.15, 0.2) is 206 Å². The molecule has 1 aromatic heterocycles. The number of rotatable bonds is 9. The van der Waals surface area contributed by atoms with Crippen molar-refractivity contribution in [2.45, 2.75) is 77.6 Å². The molecule has 11 rings (SSSR count). The first-order valence-corrected chi connectivity index (χ1v) is 24.3. The van der Waals surface area contributed by atoms with Crippen molar-refractivity contribution < 1.29 is 0 Å². The van der Waals surface area contributed by atoms with E-state index in [1.165, 1.54) is 88.8 Å². The largest absolute Gasteiger partial charge is 0.310 e. The Hall–Kier alpha value is -7.16. The van der Waals surface area contributed by atoms with Crippen molar-refractivity contribution >= 4 is 38.9 Å². The number of benzene rings is 8. The van der Waals surface area contributed by atoms with Crippen LogP contribution in [0.4, 0.5) is 17.1 Å². The fourth-order valence-electron chi connectivity index (χ4n) is 11.0. The van der Waals surface area contributed by atoms with Gasteiger partial charge in [-0.15, -0.1) is 0 Å². The molecule has 0 radical (unpaired) electrons. The summed E-state index contributed by atoms with van der Waals surface area (Å²) < 4.78 is 2.44. The summed E-state index contributed by atoms with van der Waals surface area (Å²) in [6.07, 6.45) is 10.4. The molecule has 0 amide bonds. The van der Waals surface area contributed by atoms with E-state index in [1.54, 1.807) is 0 Å². The standard InChI is InChI=1S/C65H60N2/c1-8-43(2)44-18-20-47(21-19-44)49-26-38-62-58(40-49)59-41-50(27-39-63(59)67(62)54-34-28-51(29-35-54)64(3,4)5)48-24-32-53(33-25-48)66(52-30-22-46(23-31-52)45-14-10-9-11-15-45)55-36-37-57-56-16-12-13-17-60(56)65(6,7)61(57)42-55/h9-43,56,60H,8H2,1-7H3. The highest BCUT2D eigenvalue weighted by Gasteiger charge is 2.44. The maximum absolute atomic E-state index is 2.46. The van der Waals surface area contributed by atoms with Crippen LogP contribution >= 0.6 is 0 Å². The molecule has 0 bridgehead atoms. The van der Waals surface area contributed by atoms with Crippen molar-refractivity contribution in [1.82, 2.24) is 4.57 Å². The van der Waals surface area contributed by atoms with Crippen LogP contribution in [0.3, 0.4) is 0 Å². The van der Waals surface area contributed by atoms with Gasteiger partial charge >= 0.3 is 0 Å². The van der Waals surface area contributed by atoms with Crippen molar-refractivity contribution in [2.24, 2.45) is 5.92 Å². The van der Waals surface area contributed by atoms with Crippen LogP contribution < -0.4 is 4.90 Å². The van der Waals surface area contributed by atoms with Crippen LogP contribution in [0, 0.1) is 5.92 Å². The second-order valence-corrected chi connectivity index (χ2v) is 20.6. The maximum Gasteiger partial charge on any atom is 0.0541 e. The highest BCUT2D eigenvalue weighted by atomic mass is 15.1. The van der Waals surface area contributed by atoms with Gasteiger partial charge in [-0.3, -0.25) is 0 Å². The molecule has 0 fully saturated rings. The van der Waals surface area contributed by atoms with E-state index in [-0.39, 0.29) is 10.8 Å². The lowest BCUT2D eigenvalue weighted by Gasteiger charge is -2.30. The Labute approximate surface area is 397 Å². The fraction of sp³-hybridized carbons (Fsp3) is 0.200. The Balaban J connectivity index is 1.01. The lowest BCUT2D eigenvalue weighted by atomic mass is 9.74. The third kappa shape index (κ3) is 7.53. The van der Waals surface area contributed by atoms with Gasteiger partial charge in [-0.05, 0) is 158 Å². The summed E-state index contributed by atoms with van der Waals surface area (Å²) in [5, 5.41) is 2.51. The minimum atomic E-state index is 0.0142. The molecule has 0 saturated heterocycles. The number of hydrogen-bond acceptors (Lipinski definition) is 1. The molecule has 1 heterocycles. The summed E-state index contributed by atoms with van der Waals surface area (Å²) in [4.78, 5) is 2.43. The van der Waals surface area contributed by atoms with Gasteiger partial charge in [0.05, 0.1) is 11.0 Å². The first-order chi connectivity index (χ1) is 32.5. The Kier molecular flexibility index (Phi) is 10.5. The summed E-state index contributed by atoms with van der Waals surface area (Å²) in [5.41, 5.74) is 20.0. The van der Waals surface area contributed by atoms with Crippen LogP contribution in [0.1, 0.15) is 89.0 Å². The summed E-state index contributed by atoms with van der Waals surface area (Å²) in [6, 6.07) is 68.5. The molecule has 0 spiro atoms. The molecule has 8 aromatic carbocycles. The fourth-order valence-corrected chi connectivity index (χ4v) is 11.0. The van der Waals surface area contributed by atoms with E-state index in [4.69, 9.17) is 0 Å². The van der Waals surface area contributed by atoms with Gasteiger partial charge < -0.3 is 9.47 Å². The summed E-state index contributed by atoms with van der Waals surface area (Å²) >= 11 is 0. The monoisotopic (exact) mass is 868 g/mol. The molecule has 2 aliphatic rings. The molecule has 0 N–H and O–H groups in total. The topological polar surface area (TPSA) is 8.17 Å². The lowest BCUT2D eigenvalue weighted by molar-refractivity contribution is 0.394. The van der Waals surface area contributed by atoms with Gasteiger partial charge in [0, 0.05) is 39.4 Å². The third-order valence-electron chi connectivity index (χ3n) is 15.2. The van der Waals surface area contributed by atoms with Gasteiger partial charge in [0.25, 0.3) is 0 Å². The number of fused-ring (bicyclic) bond motifs is 6. The van der Waals surface area contributed by atoms with Gasteiger partial charge in [0.2, 0.25) is 0 Å². The Morgan fingerprint density at radius 1 is 0.537 bits per heavy atom. The molecule has 9 aromatic rings. The number of anilines is 3. The number of allylic oxidation sites excluding steroid dienone is 4. The maximum atomic E-state index is 2.46.